The highest BCUT2D eigenvalue weighted by Crippen LogP contribution is 2.26. The largest absolute Gasteiger partial charge is 0.383 e. The quantitative estimate of drug-likeness (QED) is 0.800. The molecule has 1 aliphatic rings. The lowest BCUT2D eigenvalue weighted by Crippen LogP contribution is -2.40. The van der Waals surface area contributed by atoms with E-state index in [9.17, 15) is 9.90 Å². The molecular weight excluding hydrogens is 242 g/mol. The number of hydroxylamine groups is 1. The Labute approximate surface area is 113 Å². The van der Waals surface area contributed by atoms with E-state index in [0.29, 0.717) is 6.61 Å². The first-order valence-electron chi connectivity index (χ1n) is 6.91. The second-order valence-electron chi connectivity index (χ2n) is 5.08. The van der Waals surface area contributed by atoms with Crippen LogP contribution in [0.25, 0.3) is 0 Å². The molecule has 104 valence electrons. The third-order valence-corrected chi connectivity index (χ3v) is 3.62. The zero-order valence-corrected chi connectivity index (χ0v) is 11.0. The molecule has 19 heavy (non-hydrogen) atoms. The summed E-state index contributed by atoms with van der Waals surface area (Å²) in [4.78, 5) is 16.9. The third-order valence-electron chi connectivity index (χ3n) is 3.62. The molecule has 2 rings (SSSR count). The van der Waals surface area contributed by atoms with Gasteiger partial charge in [-0.25, -0.2) is 5.48 Å². The van der Waals surface area contributed by atoms with Crippen LogP contribution in [0.1, 0.15) is 37.7 Å². The SMILES string of the molecule is O=C(NOCc1ccccc1)C(O)C1CCCCC1. The minimum absolute atomic E-state index is 0.0778. The molecule has 1 atom stereocenters. The van der Waals surface area contributed by atoms with E-state index in [-0.39, 0.29) is 5.92 Å². The molecule has 1 fully saturated rings. The van der Waals surface area contributed by atoms with Crippen molar-refractivity contribution in [1.29, 1.82) is 0 Å². The number of hydrogen-bond donors (Lipinski definition) is 2. The van der Waals surface area contributed by atoms with Crippen LogP contribution in [0.15, 0.2) is 30.3 Å². The van der Waals surface area contributed by atoms with E-state index in [1.807, 2.05) is 30.3 Å². The summed E-state index contributed by atoms with van der Waals surface area (Å²) in [6.07, 6.45) is 4.30. The second-order valence-corrected chi connectivity index (χ2v) is 5.08. The first-order valence-corrected chi connectivity index (χ1v) is 6.91. The van der Waals surface area contributed by atoms with Crippen molar-refractivity contribution in [2.75, 3.05) is 0 Å². The Kier molecular flexibility index (Phi) is 5.36. The molecule has 0 spiro atoms. The standard InChI is InChI=1S/C15H21NO3/c17-14(13-9-5-2-6-10-13)15(18)16-19-11-12-7-3-1-4-8-12/h1,3-4,7-8,13-14,17H,2,5-6,9-11H2,(H,16,18). The average molecular weight is 263 g/mol. The van der Waals surface area contributed by atoms with Crippen LogP contribution in [-0.4, -0.2) is 17.1 Å². The molecule has 1 unspecified atom stereocenters. The van der Waals surface area contributed by atoms with Crippen molar-refractivity contribution >= 4 is 5.91 Å². The average Bonchev–Trinajstić information content (AvgIpc) is 2.48. The maximum absolute atomic E-state index is 11.7. The van der Waals surface area contributed by atoms with Crippen molar-refractivity contribution in [3.63, 3.8) is 0 Å². The van der Waals surface area contributed by atoms with Gasteiger partial charge in [-0.05, 0) is 24.3 Å². The number of hydrogen-bond acceptors (Lipinski definition) is 3. The number of carbonyl (C=O) groups excluding carboxylic acids is 1. The lowest BCUT2D eigenvalue weighted by atomic mass is 9.85. The number of aliphatic hydroxyl groups excluding tert-OH is 1. The number of rotatable bonds is 5. The van der Waals surface area contributed by atoms with Crippen molar-refractivity contribution < 1.29 is 14.7 Å². The van der Waals surface area contributed by atoms with Crippen LogP contribution in [0, 0.1) is 5.92 Å². The van der Waals surface area contributed by atoms with Gasteiger partial charge in [0.15, 0.2) is 0 Å². The number of benzene rings is 1. The van der Waals surface area contributed by atoms with Crippen molar-refractivity contribution in [3.8, 4) is 0 Å². The van der Waals surface area contributed by atoms with Crippen molar-refractivity contribution in [2.24, 2.45) is 5.92 Å². The molecule has 0 bridgehead atoms. The molecule has 1 aromatic carbocycles. The second kappa shape index (κ2) is 7.26. The van der Waals surface area contributed by atoms with Gasteiger partial charge in [-0.1, -0.05) is 49.6 Å². The van der Waals surface area contributed by atoms with Crippen molar-refractivity contribution in [1.82, 2.24) is 5.48 Å². The van der Waals surface area contributed by atoms with Gasteiger partial charge in [0.25, 0.3) is 5.91 Å². The van der Waals surface area contributed by atoms with Crippen LogP contribution in [0.4, 0.5) is 0 Å². The maximum atomic E-state index is 11.7. The minimum atomic E-state index is -0.948. The Bertz CT molecular complexity index is 388. The summed E-state index contributed by atoms with van der Waals surface area (Å²) in [7, 11) is 0. The monoisotopic (exact) mass is 263 g/mol. The fraction of sp³-hybridized carbons (Fsp3) is 0.533. The number of aliphatic hydroxyl groups is 1. The topological polar surface area (TPSA) is 58.6 Å². The molecular formula is C15H21NO3. The lowest BCUT2D eigenvalue weighted by Gasteiger charge is -2.25. The Hall–Kier alpha value is -1.39. The van der Waals surface area contributed by atoms with E-state index in [1.54, 1.807) is 0 Å². The van der Waals surface area contributed by atoms with Gasteiger partial charge < -0.3 is 5.11 Å². The molecule has 1 aliphatic carbocycles. The zero-order valence-electron chi connectivity index (χ0n) is 11.0. The predicted molar refractivity (Wildman–Crippen MR) is 72.0 cm³/mol. The molecule has 0 saturated heterocycles. The van der Waals surface area contributed by atoms with E-state index in [2.05, 4.69) is 5.48 Å². The molecule has 0 aliphatic heterocycles. The Morgan fingerprint density at radius 3 is 2.63 bits per heavy atom. The fourth-order valence-electron chi connectivity index (χ4n) is 2.49. The molecule has 4 heteroatoms. The lowest BCUT2D eigenvalue weighted by molar-refractivity contribution is -0.146. The van der Waals surface area contributed by atoms with E-state index >= 15 is 0 Å². The van der Waals surface area contributed by atoms with Crippen LogP contribution in [-0.2, 0) is 16.2 Å². The summed E-state index contributed by atoms with van der Waals surface area (Å²) in [5.74, 6) is -0.350. The first-order chi connectivity index (χ1) is 9.27. The van der Waals surface area contributed by atoms with E-state index in [1.165, 1.54) is 6.42 Å². The highest BCUT2D eigenvalue weighted by atomic mass is 16.7. The summed E-state index contributed by atoms with van der Waals surface area (Å²) in [5.41, 5.74) is 3.32. The summed E-state index contributed by atoms with van der Waals surface area (Å²) in [6, 6.07) is 9.59. The van der Waals surface area contributed by atoms with Crippen molar-refractivity contribution in [2.45, 2.75) is 44.8 Å². The summed E-state index contributed by atoms with van der Waals surface area (Å²) >= 11 is 0. The minimum Gasteiger partial charge on any atom is -0.383 e. The zero-order chi connectivity index (χ0) is 13.5. The molecule has 4 nitrogen and oxygen atoms in total. The maximum Gasteiger partial charge on any atom is 0.272 e. The van der Waals surface area contributed by atoms with E-state index in [4.69, 9.17) is 4.84 Å². The third kappa shape index (κ3) is 4.33. The van der Waals surface area contributed by atoms with Gasteiger partial charge >= 0.3 is 0 Å². The van der Waals surface area contributed by atoms with Crippen LogP contribution in [0.3, 0.4) is 0 Å². The Morgan fingerprint density at radius 1 is 1.26 bits per heavy atom. The Morgan fingerprint density at radius 2 is 1.95 bits per heavy atom. The number of amides is 1. The highest BCUT2D eigenvalue weighted by molar-refractivity contribution is 5.79. The van der Waals surface area contributed by atoms with Crippen LogP contribution in [0.5, 0.6) is 0 Å². The summed E-state index contributed by atoms with van der Waals surface area (Å²) < 4.78 is 0. The predicted octanol–water partition coefficient (Wildman–Crippen LogP) is 2.18. The van der Waals surface area contributed by atoms with Crippen LogP contribution < -0.4 is 5.48 Å². The number of nitrogens with one attached hydrogen (secondary N) is 1. The molecule has 1 aromatic rings. The van der Waals surface area contributed by atoms with E-state index < -0.39 is 12.0 Å². The first kappa shape index (κ1) is 14.0. The molecule has 0 aromatic heterocycles. The molecule has 2 N–H and O–H groups in total. The molecule has 1 amide bonds. The normalized spacial score (nSPS) is 17.9. The summed E-state index contributed by atoms with van der Waals surface area (Å²) in [6.45, 7) is 0.309. The van der Waals surface area contributed by atoms with Crippen LogP contribution in [0.2, 0.25) is 0 Å². The molecule has 0 radical (unpaired) electrons. The van der Waals surface area contributed by atoms with Gasteiger partial charge in [0.2, 0.25) is 0 Å². The van der Waals surface area contributed by atoms with E-state index in [0.717, 1.165) is 31.2 Å². The Balaban J connectivity index is 1.71. The summed E-state index contributed by atoms with van der Waals surface area (Å²) in [5, 5.41) is 9.95. The smallest absolute Gasteiger partial charge is 0.272 e. The van der Waals surface area contributed by atoms with Gasteiger partial charge in [0.1, 0.15) is 6.10 Å². The van der Waals surface area contributed by atoms with Crippen LogP contribution >= 0.6 is 0 Å². The fourth-order valence-corrected chi connectivity index (χ4v) is 2.49. The van der Waals surface area contributed by atoms with Gasteiger partial charge in [0.05, 0.1) is 6.61 Å². The van der Waals surface area contributed by atoms with Gasteiger partial charge in [0, 0.05) is 0 Å². The van der Waals surface area contributed by atoms with Crippen molar-refractivity contribution in [3.05, 3.63) is 35.9 Å². The molecule has 1 saturated carbocycles. The van der Waals surface area contributed by atoms with Gasteiger partial charge in [-0.3, -0.25) is 9.63 Å². The van der Waals surface area contributed by atoms with Gasteiger partial charge in [-0.15, -0.1) is 0 Å². The van der Waals surface area contributed by atoms with Gasteiger partial charge in [-0.2, -0.15) is 0 Å². The number of carbonyl (C=O) groups is 1. The molecule has 0 heterocycles. The highest BCUT2D eigenvalue weighted by Gasteiger charge is 2.27.